The Morgan fingerprint density at radius 3 is 2.78 bits per heavy atom. The van der Waals surface area contributed by atoms with Crippen molar-refractivity contribution < 1.29 is 14.5 Å². The molecule has 0 aliphatic heterocycles. The number of fused-ring (bicyclic) bond motifs is 2. The van der Waals surface area contributed by atoms with Gasteiger partial charge in [0, 0.05) is 23.2 Å². The number of carbonyl (C=O) groups is 1. The highest BCUT2D eigenvalue weighted by Crippen LogP contribution is 2.30. The number of hydrogen-bond donors (Lipinski definition) is 0. The van der Waals surface area contributed by atoms with Crippen molar-refractivity contribution in [3.63, 3.8) is 0 Å². The highest BCUT2D eigenvalue weighted by Gasteiger charge is 2.23. The van der Waals surface area contributed by atoms with E-state index in [0.29, 0.717) is 11.1 Å². The first-order valence-electron chi connectivity index (χ1n) is 8.94. The van der Waals surface area contributed by atoms with Gasteiger partial charge < -0.3 is 4.74 Å². The number of para-hydroxylation sites is 1. The average molecular weight is 362 g/mol. The average Bonchev–Trinajstić information content (AvgIpc) is 2.70. The number of aryl methyl sites for hydroxylation is 1. The van der Waals surface area contributed by atoms with Crippen LogP contribution < -0.4 is 0 Å². The van der Waals surface area contributed by atoms with Gasteiger partial charge in [0.1, 0.15) is 6.61 Å². The molecule has 1 aliphatic rings. The van der Waals surface area contributed by atoms with Crippen LogP contribution >= 0.6 is 0 Å². The summed E-state index contributed by atoms with van der Waals surface area (Å²) in [4.78, 5) is 28.1. The predicted octanol–water partition coefficient (Wildman–Crippen LogP) is 4.38. The smallest absolute Gasteiger partial charge is 0.339 e. The molecule has 0 amide bonds. The van der Waals surface area contributed by atoms with E-state index in [4.69, 9.17) is 9.72 Å². The molecule has 1 aliphatic carbocycles. The number of hydrogen-bond acceptors (Lipinski definition) is 5. The minimum Gasteiger partial charge on any atom is -0.457 e. The standard InChI is InChI=1S/C21H18N2O4/c24-21(27-13-14-6-5-7-15(12-14)23(25)26)20-16-8-1-3-10-18(16)22-19-11-4-2-9-17(19)20/h1,3,5-8,10,12H,2,4,9,11,13H2. The number of benzene rings is 2. The molecule has 1 aromatic heterocycles. The van der Waals surface area contributed by atoms with E-state index < -0.39 is 10.9 Å². The van der Waals surface area contributed by atoms with E-state index in [1.807, 2.05) is 24.3 Å². The number of rotatable bonds is 4. The van der Waals surface area contributed by atoms with Crippen LogP contribution in [-0.4, -0.2) is 15.9 Å². The van der Waals surface area contributed by atoms with Gasteiger partial charge in [-0.3, -0.25) is 15.1 Å². The van der Waals surface area contributed by atoms with E-state index in [1.54, 1.807) is 12.1 Å². The molecule has 6 nitrogen and oxygen atoms in total. The molecule has 0 fully saturated rings. The zero-order chi connectivity index (χ0) is 18.8. The molecule has 0 N–H and O–H groups in total. The molecule has 2 aromatic carbocycles. The minimum atomic E-state index is -0.460. The summed E-state index contributed by atoms with van der Waals surface area (Å²) in [5.74, 6) is -0.404. The molecule has 0 saturated heterocycles. The lowest BCUT2D eigenvalue weighted by Crippen LogP contribution is -2.15. The minimum absolute atomic E-state index is 0.00800. The molecule has 4 rings (SSSR count). The van der Waals surface area contributed by atoms with E-state index in [-0.39, 0.29) is 12.3 Å². The van der Waals surface area contributed by atoms with E-state index in [9.17, 15) is 14.9 Å². The van der Waals surface area contributed by atoms with Crippen LogP contribution in [0.25, 0.3) is 10.9 Å². The topological polar surface area (TPSA) is 82.3 Å². The number of esters is 1. The van der Waals surface area contributed by atoms with Crippen molar-refractivity contribution in [2.24, 2.45) is 0 Å². The van der Waals surface area contributed by atoms with Crippen molar-refractivity contribution in [3.05, 3.63) is 81.0 Å². The Balaban J connectivity index is 1.66. The van der Waals surface area contributed by atoms with Gasteiger partial charge in [-0.15, -0.1) is 0 Å². The van der Waals surface area contributed by atoms with Crippen LogP contribution in [0.2, 0.25) is 0 Å². The summed E-state index contributed by atoms with van der Waals surface area (Å²) < 4.78 is 5.53. The molecule has 0 saturated carbocycles. The molecule has 27 heavy (non-hydrogen) atoms. The van der Waals surface area contributed by atoms with Crippen molar-refractivity contribution in [2.75, 3.05) is 0 Å². The SMILES string of the molecule is O=C(OCc1cccc([N+](=O)[O-])c1)c1c2c(nc3ccccc13)CCCC2. The van der Waals surface area contributed by atoms with E-state index >= 15 is 0 Å². The van der Waals surface area contributed by atoms with Crippen LogP contribution in [0.4, 0.5) is 5.69 Å². The normalized spacial score (nSPS) is 13.2. The Hall–Kier alpha value is -3.28. The Morgan fingerprint density at radius 2 is 1.93 bits per heavy atom. The van der Waals surface area contributed by atoms with Crippen LogP contribution in [0.3, 0.4) is 0 Å². The molecular formula is C21H18N2O4. The maximum atomic E-state index is 12.9. The highest BCUT2D eigenvalue weighted by molar-refractivity contribution is 6.05. The molecule has 3 aromatic rings. The summed E-state index contributed by atoms with van der Waals surface area (Å²) in [5.41, 5.74) is 3.90. The third-order valence-corrected chi connectivity index (χ3v) is 4.86. The largest absolute Gasteiger partial charge is 0.457 e. The van der Waals surface area contributed by atoms with Crippen LogP contribution in [0.15, 0.2) is 48.5 Å². The van der Waals surface area contributed by atoms with Gasteiger partial charge in [-0.05, 0) is 42.9 Å². The first-order chi connectivity index (χ1) is 13.1. The molecule has 1 heterocycles. The molecule has 136 valence electrons. The number of nitrogens with zero attached hydrogens (tertiary/aromatic N) is 2. The van der Waals surface area contributed by atoms with Gasteiger partial charge in [0.2, 0.25) is 0 Å². The molecule has 0 bridgehead atoms. The molecule has 6 heteroatoms. The van der Waals surface area contributed by atoms with Crippen molar-refractivity contribution >= 4 is 22.6 Å². The lowest BCUT2D eigenvalue weighted by atomic mass is 9.90. The van der Waals surface area contributed by atoms with E-state index in [0.717, 1.165) is 47.8 Å². The first-order valence-corrected chi connectivity index (χ1v) is 8.94. The van der Waals surface area contributed by atoms with Gasteiger partial charge in [-0.1, -0.05) is 30.3 Å². The maximum Gasteiger partial charge on any atom is 0.339 e. The van der Waals surface area contributed by atoms with Crippen molar-refractivity contribution in [2.45, 2.75) is 32.3 Å². The van der Waals surface area contributed by atoms with Crippen LogP contribution in [0.1, 0.15) is 40.0 Å². The number of aromatic nitrogens is 1. The number of ether oxygens (including phenoxy) is 1. The van der Waals surface area contributed by atoms with Gasteiger partial charge in [-0.25, -0.2) is 4.79 Å². The molecule has 0 atom stereocenters. The van der Waals surface area contributed by atoms with Crippen LogP contribution in [0.5, 0.6) is 0 Å². The van der Waals surface area contributed by atoms with Gasteiger partial charge in [0.25, 0.3) is 5.69 Å². The van der Waals surface area contributed by atoms with Crippen LogP contribution in [0, 0.1) is 10.1 Å². The fourth-order valence-electron chi connectivity index (χ4n) is 3.59. The summed E-state index contributed by atoms with van der Waals surface area (Å²) in [6, 6.07) is 13.7. The van der Waals surface area contributed by atoms with Gasteiger partial charge in [0.05, 0.1) is 16.0 Å². The van der Waals surface area contributed by atoms with Gasteiger partial charge in [-0.2, -0.15) is 0 Å². The Morgan fingerprint density at radius 1 is 1.11 bits per heavy atom. The fourth-order valence-corrected chi connectivity index (χ4v) is 3.59. The number of carbonyl (C=O) groups excluding carboxylic acids is 1. The Bertz CT molecular complexity index is 1050. The number of pyridine rings is 1. The zero-order valence-corrected chi connectivity index (χ0v) is 14.7. The lowest BCUT2D eigenvalue weighted by Gasteiger charge is -2.20. The Labute approximate surface area is 156 Å². The third-order valence-electron chi connectivity index (χ3n) is 4.86. The zero-order valence-electron chi connectivity index (χ0n) is 14.7. The van der Waals surface area contributed by atoms with Crippen molar-refractivity contribution in [3.8, 4) is 0 Å². The second-order valence-electron chi connectivity index (χ2n) is 6.64. The number of nitro groups is 1. The molecule has 0 radical (unpaired) electrons. The van der Waals surface area contributed by atoms with Crippen molar-refractivity contribution in [1.82, 2.24) is 4.98 Å². The Kier molecular flexibility index (Phi) is 4.54. The summed E-state index contributed by atoms with van der Waals surface area (Å²) >= 11 is 0. The molecule has 0 unspecified atom stereocenters. The fraction of sp³-hybridized carbons (Fsp3) is 0.238. The first kappa shape index (κ1) is 17.1. The quantitative estimate of drug-likeness (QED) is 0.391. The second-order valence-corrected chi connectivity index (χ2v) is 6.64. The van der Waals surface area contributed by atoms with Gasteiger partial charge in [0.15, 0.2) is 0 Å². The van der Waals surface area contributed by atoms with E-state index in [2.05, 4.69) is 0 Å². The molecule has 0 spiro atoms. The predicted molar refractivity (Wildman–Crippen MR) is 101 cm³/mol. The number of nitro benzene ring substituents is 1. The van der Waals surface area contributed by atoms with E-state index in [1.165, 1.54) is 12.1 Å². The van der Waals surface area contributed by atoms with Crippen molar-refractivity contribution in [1.29, 1.82) is 0 Å². The van der Waals surface area contributed by atoms with Gasteiger partial charge >= 0.3 is 5.97 Å². The summed E-state index contributed by atoms with van der Waals surface area (Å²) in [7, 11) is 0. The lowest BCUT2D eigenvalue weighted by molar-refractivity contribution is -0.384. The third kappa shape index (κ3) is 3.38. The monoisotopic (exact) mass is 362 g/mol. The number of non-ortho nitro benzene ring substituents is 1. The molecular weight excluding hydrogens is 344 g/mol. The van der Waals surface area contributed by atoms with Crippen LogP contribution in [-0.2, 0) is 24.2 Å². The summed E-state index contributed by atoms with van der Waals surface area (Å²) in [6.45, 7) is -0.00800. The highest BCUT2D eigenvalue weighted by atomic mass is 16.6. The maximum absolute atomic E-state index is 12.9. The second kappa shape index (κ2) is 7.15. The summed E-state index contributed by atoms with van der Waals surface area (Å²) in [6.07, 6.45) is 3.78. The summed E-state index contributed by atoms with van der Waals surface area (Å²) in [5, 5.41) is 11.7.